The molecule has 2 amide bonds. The molecule has 6 heteroatoms. The molecule has 0 bridgehead atoms. The minimum absolute atomic E-state index is 0.0592. The van der Waals surface area contributed by atoms with Crippen LogP contribution in [-0.4, -0.2) is 40.6 Å². The van der Waals surface area contributed by atoms with Gasteiger partial charge in [0.15, 0.2) is 0 Å². The number of carboxylic acids is 1. The molecule has 0 aliphatic rings. The smallest absolute Gasteiger partial charge is 0.317 e. The summed E-state index contributed by atoms with van der Waals surface area (Å²) in [7, 11) is 1.57. The van der Waals surface area contributed by atoms with Crippen LogP contribution >= 0.6 is 0 Å². The Labute approximate surface area is 116 Å². The van der Waals surface area contributed by atoms with Crippen LogP contribution in [-0.2, 0) is 11.3 Å². The van der Waals surface area contributed by atoms with Gasteiger partial charge >= 0.3 is 12.0 Å². The molecule has 106 valence electrons. The van der Waals surface area contributed by atoms with Crippen LogP contribution in [0.4, 0.5) is 4.79 Å². The second kappa shape index (κ2) is 6.10. The largest absolute Gasteiger partial charge is 0.481 e. The Morgan fingerprint density at radius 3 is 2.80 bits per heavy atom. The molecule has 0 fully saturated rings. The summed E-state index contributed by atoms with van der Waals surface area (Å²) in [6.45, 7) is 0.568. The fourth-order valence-corrected chi connectivity index (χ4v) is 1.90. The molecule has 1 aromatic carbocycles. The van der Waals surface area contributed by atoms with Crippen LogP contribution in [0.15, 0.2) is 30.3 Å². The molecule has 0 aliphatic heterocycles. The fourth-order valence-electron chi connectivity index (χ4n) is 1.90. The average Bonchev–Trinajstić information content (AvgIpc) is 2.84. The molecule has 1 heterocycles. The number of carbonyl (C=O) groups excluding carboxylic acids is 1. The van der Waals surface area contributed by atoms with Crippen molar-refractivity contribution >= 4 is 22.9 Å². The summed E-state index contributed by atoms with van der Waals surface area (Å²) in [6, 6.07) is 9.56. The zero-order chi connectivity index (χ0) is 14.5. The summed E-state index contributed by atoms with van der Waals surface area (Å²) in [5.74, 6) is -0.916. The Morgan fingerprint density at radius 2 is 2.10 bits per heavy atom. The fraction of sp³-hybridized carbons (Fsp3) is 0.286. The third-order valence-electron chi connectivity index (χ3n) is 3.02. The first kappa shape index (κ1) is 13.9. The highest BCUT2D eigenvalue weighted by atomic mass is 16.4. The van der Waals surface area contributed by atoms with E-state index >= 15 is 0 Å². The van der Waals surface area contributed by atoms with E-state index in [1.54, 1.807) is 7.05 Å². The van der Waals surface area contributed by atoms with Crippen molar-refractivity contribution in [3.8, 4) is 0 Å². The van der Waals surface area contributed by atoms with Gasteiger partial charge in [0, 0.05) is 24.8 Å². The number of carbonyl (C=O) groups is 2. The van der Waals surface area contributed by atoms with E-state index in [0.717, 1.165) is 16.6 Å². The monoisotopic (exact) mass is 275 g/mol. The Bertz CT molecular complexity index is 588. The maximum absolute atomic E-state index is 11.8. The van der Waals surface area contributed by atoms with E-state index in [1.807, 2.05) is 30.3 Å². The number of amides is 2. The molecule has 0 unspecified atom stereocenters. The number of carboxylic acid groups (broad SMARTS) is 1. The first-order chi connectivity index (χ1) is 9.56. The Balaban J connectivity index is 1.87. The first-order valence-electron chi connectivity index (χ1n) is 6.33. The van der Waals surface area contributed by atoms with Crippen LogP contribution in [0, 0.1) is 0 Å². The van der Waals surface area contributed by atoms with Gasteiger partial charge in [-0.1, -0.05) is 18.2 Å². The number of aromatic nitrogens is 1. The molecular weight excluding hydrogens is 258 g/mol. The zero-order valence-electron chi connectivity index (χ0n) is 11.2. The number of nitrogens with one attached hydrogen (secondary N) is 2. The summed E-state index contributed by atoms with van der Waals surface area (Å²) in [5, 5.41) is 12.4. The molecular formula is C14H17N3O3. The van der Waals surface area contributed by atoms with E-state index in [1.165, 1.54) is 4.90 Å². The molecule has 20 heavy (non-hydrogen) atoms. The van der Waals surface area contributed by atoms with E-state index in [9.17, 15) is 9.59 Å². The van der Waals surface area contributed by atoms with Gasteiger partial charge in [-0.05, 0) is 17.5 Å². The maximum atomic E-state index is 11.8. The number of H-pyrrole nitrogens is 1. The standard InChI is InChI=1S/C14H17N3O3/c1-17(7-6-13(18)19)14(20)15-9-11-8-10-4-2-3-5-12(10)16-11/h2-5,8,16H,6-7,9H2,1H3,(H,15,20)(H,18,19). The molecule has 2 rings (SSSR count). The van der Waals surface area contributed by atoms with Crippen LogP contribution < -0.4 is 5.32 Å². The van der Waals surface area contributed by atoms with Gasteiger partial charge in [0.2, 0.25) is 0 Å². The third kappa shape index (κ3) is 3.50. The van der Waals surface area contributed by atoms with Gasteiger partial charge in [-0.15, -0.1) is 0 Å². The van der Waals surface area contributed by atoms with Gasteiger partial charge in [0.05, 0.1) is 13.0 Å². The Hall–Kier alpha value is -2.50. The number of aliphatic carboxylic acids is 1. The van der Waals surface area contributed by atoms with Crippen molar-refractivity contribution in [1.29, 1.82) is 0 Å². The van der Waals surface area contributed by atoms with Gasteiger partial charge in [-0.2, -0.15) is 0 Å². The normalized spacial score (nSPS) is 10.4. The van der Waals surface area contributed by atoms with Gasteiger partial charge in [0.25, 0.3) is 0 Å². The molecule has 0 saturated carbocycles. The number of hydrogen-bond acceptors (Lipinski definition) is 2. The lowest BCUT2D eigenvalue weighted by Gasteiger charge is -2.16. The van der Waals surface area contributed by atoms with Crippen LogP contribution in [0.3, 0.4) is 0 Å². The van der Waals surface area contributed by atoms with E-state index in [0.29, 0.717) is 6.54 Å². The number of fused-ring (bicyclic) bond motifs is 1. The molecule has 0 radical (unpaired) electrons. The number of hydrogen-bond donors (Lipinski definition) is 3. The number of aromatic amines is 1. The minimum Gasteiger partial charge on any atom is -0.481 e. The van der Waals surface area contributed by atoms with Crippen molar-refractivity contribution in [1.82, 2.24) is 15.2 Å². The molecule has 2 aromatic rings. The lowest BCUT2D eigenvalue weighted by atomic mass is 10.2. The topological polar surface area (TPSA) is 85.4 Å². The van der Waals surface area contributed by atoms with Gasteiger partial charge in [-0.25, -0.2) is 4.79 Å². The van der Waals surface area contributed by atoms with E-state index in [-0.39, 0.29) is 19.0 Å². The van der Waals surface area contributed by atoms with Crippen LogP contribution in [0.25, 0.3) is 10.9 Å². The molecule has 0 saturated heterocycles. The van der Waals surface area contributed by atoms with Crippen molar-refractivity contribution in [2.45, 2.75) is 13.0 Å². The molecule has 0 spiro atoms. The molecule has 0 aliphatic carbocycles. The lowest BCUT2D eigenvalue weighted by Crippen LogP contribution is -2.38. The summed E-state index contributed by atoms with van der Waals surface area (Å²) >= 11 is 0. The lowest BCUT2D eigenvalue weighted by molar-refractivity contribution is -0.137. The number of para-hydroxylation sites is 1. The molecule has 1 aromatic heterocycles. The molecule has 0 atom stereocenters. The van der Waals surface area contributed by atoms with E-state index in [2.05, 4.69) is 10.3 Å². The van der Waals surface area contributed by atoms with Crippen molar-refractivity contribution in [3.63, 3.8) is 0 Å². The molecule has 3 N–H and O–H groups in total. The highest BCUT2D eigenvalue weighted by molar-refractivity contribution is 5.80. The van der Waals surface area contributed by atoms with Crippen molar-refractivity contribution in [3.05, 3.63) is 36.0 Å². The minimum atomic E-state index is -0.916. The van der Waals surface area contributed by atoms with Crippen molar-refractivity contribution in [2.24, 2.45) is 0 Å². The summed E-state index contributed by atoms with van der Waals surface area (Å²) in [4.78, 5) is 26.8. The number of urea groups is 1. The Morgan fingerprint density at radius 1 is 1.35 bits per heavy atom. The zero-order valence-corrected chi connectivity index (χ0v) is 11.2. The van der Waals surface area contributed by atoms with Gasteiger partial charge in [-0.3, -0.25) is 4.79 Å². The van der Waals surface area contributed by atoms with Crippen LogP contribution in [0.2, 0.25) is 0 Å². The summed E-state index contributed by atoms with van der Waals surface area (Å²) in [5.41, 5.74) is 1.93. The third-order valence-corrected chi connectivity index (χ3v) is 3.02. The Kier molecular flexibility index (Phi) is 4.24. The first-order valence-corrected chi connectivity index (χ1v) is 6.33. The number of benzene rings is 1. The quantitative estimate of drug-likeness (QED) is 0.777. The van der Waals surface area contributed by atoms with Crippen LogP contribution in [0.5, 0.6) is 0 Å². The highest BCUT2D eigenvalue weighted by Crippen LogP contribution is 2.14. The average molecular weight is 275 g/mol. The SMILES string of the molecule is CN(CCC(=O)O)C(=O)NCc1cc2ccccc2[nH]1. The second-order valence-electron chi connectivity index (χ2n) is 4.61. The van der Waals surface area contributed by atoms with E-state index < -0.39 is 5.97 Å². The summed E-state index contributed by atoms with van der Waals surface area (Å²) < 4.78 is 0. The van der Waals surface area contributed by atoms with Crippen molar-refractivity contribution < 1.29 is 14.7 Å². The van der Waals surface area contributed by atoms with Gasteiger partial charge in [0.1, 0.15) is 0 Å². The number of rotatable bonds is 5. The summed E-state index contributed by atoms with van der Waals surface area (Å²) in [6.07, 6.45) is -0.0592. The van der Waals surface area contributed by atoms with E-state index in [4.69, 9.17) is 5.11 Å². The molecule has 6 nitrogen and oxygen atoms in total. The highest BCUT2D eigenvalue weighted by Gasteiger charge is 2.10. The predicted molar refractivity (Wildman–Crippen MR) is 75.4 cm³/mol. The van der Waals surface area contributed by atoms with Crippen molar-refractivity contribution in [2.75, 3.05) is 13.6 Å². The van der Waals surface area contributed by atoms with Crippen LogP contribution in [0.1, 0.15) is 12.1 Å². The van der Waals surface area contributed by atoms with Gasteiger partial charge < -0.3 is 20.3 Å². The second-order valence-corrected chi connectivity index (χ2v) is 4.61. The predicted octanol–water partition coefficient (Wildman–Crippen LogP) is 1.78. The number of nitrogens with zero attached hydrogens (tertiary/aromatic N) is 1. The maximum Gasteiger partial charge on any atom is 0.317 e.